The van der Waals surface area contributed by atoms with Gasteiger partial charge in [-0.05, 0) is 0 Å². The molecule has 0 bridgehead atoms. The first-order valence-corrected chi connectivity index (χ1v) is 7.65. The molecule has 4 atom stereocenters. The molecule has 0 amide bonds. The minimum atomic E-state index is -0.673. The summed E-state index contributed by atoms with van der Waals surface area (Å²) in [6.45, 7) is 5.52. The molecule has 2 aliphatic rings. The predicted molar refractivity (Wildman–Crippen MR) is 74.4 cm³/mol. The number of hydrogen-bond donors (Lipinski definition) is 0. The van der Waals surface area contributed by atoms with Crippen LogP contribution in [0.4, 0.5) is 4.79 Å². The fraction of sp³-hybridized carbons (Fsp3) is 0.923. The highest BCUT2D eigenvalue weighted by Gasteiger charge is 2.46. The lowest BCUT2D eigenvalue weighted by Gasteiger charge is -2.46. The fourth-order valence-electron chi connectivity index (χ4n) is 2.19. The summed E-state index contributed by atoms with van der Waals surface area (Å²) in [4.78, 5) is 11.6. The molecular formula is C13H20Cl2O5. The van der Waals surface area contributed by atoms with Gasteiger partial charge in [-0.15, -0.1) is 23.2 Å². The lowest BCUT2D eigenvalue weighted by molar-refractivity contribution is -0.196. The van der Waals surface area contributed by atoms with Gasteiger partial charge in [0.1, 0.15) is 13.2 Å². The quantitative estimate of drug-likeness (QED) is 0.554. The Morgan fingerprint density at radius 1 is 1.05 bits per heavy atom. The van der Waals surface area contributed by atoms with Crippen molar-refractivity contribution in [2.45, 2.75) is 26.1 Å². The molecule has 20 heavy (non-hydrogen) atoms. The Morgan fingerprint density at radius 2 is 1.45 bits per heavy atom. The number of halogens is 2. The Bertz CT molecular complexity index is 331. The van der Waals surface area contributed by atoms with Gasteiger partial charge in [0.05, 0.1) is 36.3 Å². The van der Waals surface area contributed by atoms with Crippen LogP contribution < -0.4 is 0 Å². The molecule has 2 heterocycles. The SMILES string of the molecule is CC1(COC(=O)OCC2(C)COC2CCl)COC1CCl. The first-order valence-electron chi connectivity index (χ1n) is 6.58. The van der Waals surface area contributed by atoms with Crippen LogP contribution in [-0.2, 0) is 18.9 Å². The van der Waals surface area contributed by atoms with Crippen molar-refractivity contribution in [2.75, 3.05) is 38.2 Å². The fourth-order valence-corrected chi connectivity index (χ4v) is 3.11. The molecule has 2 saturated heterocycles. The van der Waals surface area contributed by atoms with E-state index in [1.54, 1.807) is 0 Å². The van der Waals surface area contributed by atoms with Gasteiger partial charge in [0, 0.05) is 11.8 Å². The van der Waals surface area contributed by atoms with E-state index < -0.39 is 6.16 Å². The molecular weight excluding hydrogens is 307 g/mol. The van der Waals surface area contributed by atoms with Crippen LogP contribution in [0.25, 0.3) is 0 Å². The van der Waals surface area contributed by atoms with E-state index in [0.29, 0.717) is 25.0 Å². The molecule has 0 aromatic carbocycles. The van der Waals surface area contributed by atoms with Crippen LogP contribution >= 0.6 is 23.2 Å². The summed E-state index contributed by atoms with van der Waals surface area (Å²) in [5, 5.41) is 0. The Morgan fingerprint density at radius 3 is 1.70 bits per heavy atom. The number of hydrogen-bond acceptors (Lipinski definition) is 5. The highest BCUT2D eigenvalue weighted by Crippen LogP contribution is 2.37. The van der Waals surface area contributed by atoms with Crippen LogP contribution in [0.1, 0.15) is 13.8 Å². The Hall–Kier alpha value is -0.230. The molecule has 0 aromatic rings. The molecule has 2 aliphatic heterocycles. The largest absolute Gasteiger partial charge is 0.508 e. The predicted octanol–water partition coefficient (Wildman–Crippen LogP) is 2.43. The van der Waals surface area contributed by atoms with E-state index in [1.165, 1.54) is 0 Å². The maximum absolute atomic E-state index is 11.6. The average Bonchev–Trinajstić information content (AvgIpc) is 2.40. The first-order chi connectivity index (χ1) is 9.43. The number of carbonyl (C=O) groups is 1. The molecule has 4 unspecified atom stereocenters. The van der Waals surface area contributed by atoms with Crippen molar-refractivity contribution < 1.29 is 23.7 Å². The Balaban J connectivity index is 1.69. The lowest BCUT2D eigenvalue weighted by atomic mass is 9.82. The van der Waals surface area contributed by atoms with E-state index in [1.807, 2.05) is 13.8 Å². The van der Waals surface area contributed by atoms with Gasteiger partial charge in [0.15, 0.2) is 0 Å². The topological polar surface area (TPSA) is 54.0 Å². The summed E-state index contributed by atoms with van der Waals surface area (Å²) < 4.78 is 20.9. The molecule has 2 fully saturated rings. The van der Waals surface area contributed by atoms with E-state index in [2.05, 4.69) is 0 Å². The second kappa shape index (κ2) is 6.26. The van der Waals surface area contributed by atoms with Crippen molar-refractivity contribution >= 4 is 29.4 Å². The number of alkyl halides is 2. The Kier molecular flexibility index (Phi) is 5.05. The molecule has 7 heteroatoms. The van der Waals surface area contributed by atoms with Crippen LogP contribution in [0.2, 0.25) is 0 Å². The van der Waals surface area contributed by atoms with Gasteiger partial charge in [-0.25, -0.2) is 4.79 Å². The van der Waals surface area contributed by atoms with E-state index in [9.17, 15) is 4.79 Å². The van der Waals surface area contributed by atoms with Crippen LogP contribution in [0.5, 0.6) is 0 Å². The molecule has 0 saturated carbocycles. The molecule has 0 aromatic heterocycles. The minimum Gasteiger partial charge on any atom is -0.434 e. The number of carbonyl (C=O) groups excluding carboxylic acids is 1. The average molecular weight is 327 g/mol. The molecule has 2 rings (SSSR count). The van der Waals surface area contributed by atoms with Crippen molar-refractivity contribution in [2.24, 2.45) is 10.8 Å². The van der Waals surface area contributed by atoms with Gasteiger partial charge in [0.2, 0.25) is 0 Å². The van der Waals surface area contributed by atoms with Crippen molar-refractivity contribution in [3.05, 3.63) is 0 Å². The molecule has 0 radical (unpaired) electrons. The third-order valence-corrected chi connectivity index (χ3v) is 4.66. The summed E-state index contributed by atoms with van der Waals surface area (Å²) in [5.74, 6) is 0.781. The molecule has 0 aliphatic carbocycles. The van der Waals surface area contributed by atoms with E-state index in [0.717, 1.165) is 0 Å². The molecule has 116 valence electrons. The highest BCUT2D eigenvalue weighted by molar-refractivity contribution is 6.18. The zero-order chi connectivity index (χ0) is 14.8. The van der Waals surface area contributed by atoms with E-state index in [4.69, 9.17) is 42.1 Å². The molecule has 5 nitrogen and oxygen atoms in total. The van der Waals surface area contributed by atoms with Gasteiger partial charge in [0.25, 0.3) is 0 Å². The molecule has 0 spiro atoms. The standard InChI is InChI=1S/C13H20Cl2O5/c1-12(5-17-9(12)3-14)7-19-11(16)20-8-13(2)6-18-10(13)4-15/h9-10H,3-8H2,1-2H3. The van der Waals surface area contributed by atoms with Crippen LogP contribution in [0.3, 0.4) is 0 Å². The zero-order valence-electron chi connectivity index (χ0n) is 11.7. The maximum atomic E-state index is 11.6. The summed E-state index contributed by atoms with van der Waals surface area (Å²) >= 11 is 11.5. The van der Waals surface area contributed by atoms with Gasteiger partial charge in [-0.1, -0.05) is 13.8 Å². The van der Waals surface area contributed by atoms with Gasteiger partial charge in [-0.2, -0.15) is 0 Å². The van der Waals surface area contributed by atoms with Crippen molar-refractivity contribution in [3.63, 3.8) is 0 Å². The first kappa shape index (κ1) is 16.1. The maximum Gasteiger partial charge on any atom is 0.508 e. The highest BCUT2D eigenvalue weighted by atomic mass is 35.5. The van der Waals surface area contributed by atoms with Gasteiger partial charge >= 0.3 is 6.16 Å². The summed E-state index contributed by atoms with van der Waals surface area (Å²) in [6, 6.07) is 0. The number of ether oxygens (including phenoxy) is 4. The number of rotatable bonds is 6. The Labute approximate surface area is 128 Å². The summed E-state index contributed by atoms with van der Waals surface area (Å²) in [5.41, 5.74) is -0.439. The third-order valence-electron chi connectivity index (χ3n) is 4.10. The van der Waals surface area contributed by atoms with Crippen molar-refractivity contribution in [3.8, 4) is 0 Å². The van der Waals surface area contributed by atoms with Gasteiger partial charge < -0.3 is 18.9 Å². The minimum absolute atomic E-state index is 0.0739. The third kappa shape index (κ3) is 3.16. The monoisotopic (exact) mass is 326 g/mol. The smallest absolute Gasteiger partial charge is 0.434 e. The molecule has 0 N–H and O–H groups in total. The van der Waals surface area contributed by atoms with Crippen LogP contribution in [0, 0.1) is 10.8 Å². The zero-order valence-corrected chi connectivity index (χ0v) is 13.2. The second-order valence-electron chi connectivity index (χ2n) is 6.04. The van der Waals surface area contributed by atoms with Gasteiger partial charge in [-0.3, -0.25) is 0 Å². The van der Waals surface area contributed by atoms with Crippen LogP contribution in [-0.4, -0.2) is 56.6 Å². The normalized spacial score (nSPS) is 39.6. The van der Waals surface area contributed by atoms with Crippen LogP contribution in [0.15, 0.2) is 0 Å². The van der Waals surface area contributed by atoms with E-state index >= 15 is 0 Å². The van der Waals surface area contributed by atoms with Crippen molar-refractivity contribution in [1.29, 1.82) is 0 Å². The summed E-state index contributed by atoms with van der Waals surface area (Å²) in [6.07, 6.45) is -0.821. The van der Waals surface area contributed by atoms with Crippen molar-refractivity contribution in [1.82, 2.24) is 0 Å². The second-order valence-corrected chi connectivity index (χ2v) is 6.66. The lowest BCUT2D eigenvalue weighted by Crippen LogP contribution is -2.55. The van der Waals surface area contributed by atoms with E-state index in [-0.39, 0.29) is 36.3 Å². The summed E-state index contributed by atoms with van der Waals surface area (Å²) in [7, 11) is 0.